The maximum atomic E-state index is 13.6. The molecule has 3 aromatic rings. The number of nitrogens with zero attached hydrogens (tertiary/aromatic N) is 1. The van der Waals surface area contributed by atoms with Crippen LogP contribution in [0, 0.1) is 6.92 Å². The molecule has 1 saturated carbocycles. The van der Waals surface area contributed by atoms with Gasteiger partial charge in [0.05, 0.1) is 18.0 Å². The highest BCUT2D eigenvalue weighted by molar-refractivity contribution is 7.12. The molecular formula is C26H29N3O3S2. The van der Waals surface area contributed by atoms with E-state index < -0.39 is 6.04 Å². The molecule has 3 amide bonds. The van der Waals surface area contributed by atoms with Crippen molar-refractivity contribution in [3.05, 3.63) is 80.2 Å². The molecule has 1 aromatic carbocycles. The second-order valence-electron chi connectivity index (χ2n) is 8.56. The number of aryl methyl sites for hydroxylation is 1. The van der Waals surface area contributed by atoms with Gasteiger partial charge in [0.2, 0.25) is 11.8 Å². The van der Waals surface area contributed by atoms with Crippen LogP contribution in [0.1, 0.15) is 57.4 Å². The van der Waals surface area contributed by atoms with Crippen LogP contribution in [0.5, 0.6) is 0 Å². The van der Waals surface area contributed by atoms with Crippen LogP contribution in [0.3, 0.4) is 0 Å². The zero-order valence-electron chi connectivity index (χ0n) is 19.2. The van der Waals surface area contributed by atoms with Gasteiger partial charge in [-0.05, 0) is 48.2 Å². The molecule has 1 atom stereocenters. The fourth-order valence-electron chi connectivity index (χ4n) is 4.22. The third-order valence-corrected chi connectivity index (χ3v) is 7.76. The lowest BCUT2D eigenvalue weighted by Crippen LogP contribution is -2.48. The van der Waals surface area contributed by atoms with Gasteiger partial charge in [0.25, 0.3) is 5.91 Å². The highest BCUT2D eigenvalue weighted by Gasteiger charge is 2.33. The molecule has 2 N–H and O–H groups in total. The first-order chi connectivity index (χ1) is 16.5. The van der Waals surface area contributed by atoms with Gasteiger partial charge >= 0.3 is 0 Å². The van der Waals surface area contributed by atoms with Crippen molar-refractivity contribution in [2.24, 2.45) is 0 Å². The lowest BCUT2D eigenvalue weighted by Gasteiger charge is -2.32. The van der Waals surface area contributed by atoms with Gasteiger partial charge in [0, 0.05) is 10.9 Å². The zero-order valence-corrected chi connectivity index (χ0v) is 20.8. The molecule has 1 fully saturated rings. The molecule has 4 rings (SSSR count). The fraction of sp³-hybridized carbons (Fsp3) is 0.346. The van der Waals surface area contributed by atoms with Crippen LogP contribution in [0.15, 0.2) is 59.3 Å². The minimum atomic E-state index is -0.783. The Morgan fingerprint density at radius 2 is 1.71 bits per heavy atom. The van der Waals surface area contributed by atoms with Crippen molar-refractivity contribution in [3.8, 4) is 0 Å². The average Bonchev–Trinajstić information content (AvgIpc) is 3.62. The number of amides is 3. The molecular weight excluding hydrogens is 466 g/mol. The van der Waals surface area contributed by atoms with Crippen molar-refractivity contribution in [3.63, 3.8) is 0 Å². The summed E-state index contributed by atoms with van der Waals surface area (Å²) in [4.78, 5) is 42.7. The third kappa shape index (κ3) is 6.12. The van der Waals surface area contributed by atoms with Crippen molar-refractivity contribution >= 4 is 40.4 Å². The Morgan fingerprint density at radius 1 is 1.00 bits per heavy atom. The summed E-state index contributed by atoms with van der Waals surface area (Å²) in [7, 11) is 0. The van der Waals surface area contributed by atoms with Gasteiger partial charge < -0.3 is 15.5 Å². The highest BCUT2D eigenvalue weighted by Crippen LogP contribution is 2.27. The number of carbonyl (C=O) groups is 3. The Labute approximate surface area is 208 Å². The van der Waals surface area contributed by atoms with E-state index in [2.05, 4.69) is 10.6 Å². The standard InChI is InChI=1S/C26H29N3O3S2/c1-18-10-12-19(13-11-18)24(26(32)28-20-6-2-3-7-20)29(17-21-8-4-14-33-21)23(30)16-27-25(31)22-9-5-15-34-22/h4-5,8-15,20,24H,2-3,6-7,16-17H2,1H3,(H,27,31)(H,28,32)/t24-/m0/s1. The van der Waals surface area contributed by atoms with Gasteiger partial charge in [-0.15, -0.1) is 22.7 Å². The molecule has 0 radical (unpaired) electrons. The molecule has 2 aromatic heterocycles. The monoisotopic (exact) mass is 495 g/mol. The molecule has 0 unspecified atom stereocenters. The predicted octanol–water partition coefficient (Wildman–Crippen LogP) is 4.68. The van der Waals surface area contributed by atoms with Gasteiger partial charge in [0.1, 0.15) is 6.04 Å². The van der Waals surface area contributed by atoms with Gasteiger partial charge in [-0.2, -0.15) is 0 Å². The molecule has 0 spiro atoms. The Balaban J connectivity index is 1.60. The first-order valence-corrected chi connectivity index (χ1v) is 13.3. The van der Waals surface area contributed by atoms with E-state index in [-0.39, 0.29) is 30.3 Å². The Bertz CT molecular complexity index is 1090. The van der Waals surface area contributed by atoms with Crippen LogP contribution in [-0.2, 0) is 16.1 Å². The SMILES string of the molecule is Cc1ccc([C@@H](C(=O)NC2CCCC2)N(Cc2cccs2)C(=O)CNC(=O)c2cccs2)cc1. The predicted molar refractivity (Wildman–Crippen MR) is 136 cm³/mol. The maximum absolute atomic E-state index is 13.6. The van der Waals surface area contributed by atoms with Gasteiger partial charge in [0.15, 0.2) is 0 Å². The van der Waals surface area contributed by atoms with E-state index in [1.54, 1.807) is 17.0 Å². The van der Waals surface area contributed by atoms with E-state index in [9.17, 15) is 14.4 Å². The largest absolute Gasteiger partial charge is 0.351 e. The molecule has 8 heteroatoms. The van der Waals surface area contributed by atoms with Crippen LogP contribution in [0.2, 0.25) is 0 Å². The number of carbonyl (C=O) groups excluding carboxylic acids is 3. The Morgan fingerprint density at radius 3 is 2.35 bits per heavy atom. The van der Waals surface area contributed by atoms with Crippen LogP contribution in [0.4, 0.5) is 0 Å². The van der Waals surface area contributed by atoms with E-state index in [0.29, 0.717) is 11.4 Å². The van der Waals surface area contributed by atoms with Crippen LogP contribution in [-0.4, -0.2) is 35.2 Å². The molecule has 178 valence electrons. The van der Waals surface area contributed by atoms with Gasteiger partial charge in [-0.3, -0.25) is 14.4 Å². The number of thiophene rings is 2. The van der Waals surface area contributed by atoms with E-state index in [1.807, 2.05) is 54.1 Å². The molecule has 34 heavy (non-hydrogen) atoms. The maximum Gasteiger partial charge on any atom is 0.261 e. The third-order valence-electron chi connectivity index (χ3n) is 6.03. The number of nitrogens with one attached hydrogen (secondary N) is 2. The number of benzene rings is 1. The van der Waals surface area contributed by atoms with Crippen molar-refractivity contribution in [1.29, 1.82) is 0 Å². The summed E-state index contributed by atoms with van der Waals surface area (Å²) in [6.07, 6.45) is 4.13. The molecule has 1 aliphatic rings. The molecule has 0 bridgehead atoms. The van der Waals surface area contributed by atoms with Crippen molar-refractivity contribution in [2.75, 3.05) is 6.54 Å². The summed E-state index contributed by atoms with van der Waals surface area (Å²) in [6.45, 7) is 2.11. The second-order valence-corrected chi connectivity index (χ2v) is 10.5. The first-order valence-electron chi connectivity index (χ1n) is 11.5. The molecule has 0 saturated heterocycles. The minimum absolute atomic E-state index is 0.137. The lowest BCUT2D eigenvalue weighted by atomic mass is 10.0. The summed E-state index contributed by atoms with van der Waals surface area (Å²) in [6, 6.07) is 14.5. The number of hydrogen-bond acceptors (Lipinski definition) is 5. The molecule has 0 aliphatic heterocycles. The first kappa shape index (κ1) is 24.2. The average molecular weight is 496 g/mol. The molecule has 2 heterocycles. The second kappa shape index (κ2) is 11.4. The molecule has 6 nitrogen and oxygen atoms in total. The van der Waals surface area contributed by atoms with Crippen LogP contribution >= 0.6 is 22.7 Å². The summed E-state index contributed by atoms with van der Waals surface area (Å²) in [5, 5.41) is 9.68. The van der Waals surface area contributed by atoms with Crippen molar-refractivity contribution in [1.82, 2.24) is 15.5 Å². The summed E-state index contributed by atoms with van der Waals surface area (Å²) in [5.41, 5.74) is 1.84. The highest BCUT2D eigenvalue weighted by atomic mass is 32.1. The lowest BCUT2D eigenvalue weighted by molar-refractivity contribution is -0.141. The molecule has 1 aliphatic carbocycles. The zero-order chi connectivity index (χ0) is 23.9. The van der Waals surface area contributed by atoms with Gasteiger partial charge in [-0.25, -0.2) is 0 Å². The summed E-state index contributed by atoms with van der Waals surface area (Å²) in [5.74, 6) is -0.766. The summed E-state index contributed by atoms with van der Waals surface area (Å²) < 4.78 is 0. The van der Waals surface area contributed by atoms with Crippen LogP contribution in [0.25, 0.3) is 0 Å². The Hall–Kier alpha value is -2.97. The minimum Gasteiger partial charge on any atom is -0.351 e. The smallest absolute Gasteiger partial charge is 0.261 e. The fourth-order valence-corrected chi connectivity index (χ4v) is 5.56. The van der Waals surface area contributed by atoms with E-state index in [1.165, 1.54) is 22.7 Å². The number of rotatable bonds is 9. The Kier molecular flexibility index (Phi) is 8.13. The van der Waals surface area contributed by atoms with Gasteiger partial charge in [-0.1, -0.05) is 54.8 Å². The van der Waals surface area contributed by atoms with Crippen molar-refractivity contribution in [2.45, 2.75) is 51.2 Å². The number of hydrogen-bond donors (Lipinski definition) is 2. The van der Waals surface area contributed by atoms with Crippen molar-refractivity contribution < 1.29 is 14.4 Å². The van der Waals surface area contributed by atoms with Crippen LogP contribution < -0.4 is 10.6 Å². The van der Waals surface area contributed by atoms with E-state index in [4.69, 9.17) is 0 Å². The van der Waals surface area contributed by atoms with E-state index >= 15 is 0 Å². The quantitative estimate of drug-likeness (QED) is 0.453. The summed E-state index contributed by atoms with van der Waals surface area (Å²) >= 11 is 2.86. The normalized spacial score (nSPS) is 14.5. The van der Waals surface area contributed by atoms with E-state index in [0.717, 1.165) is 41.7 Å². The topological polar surface area (TPSA) is 78.5 Å².